The maximum Gasteiger partial charge on any atom is 0.0762 e. The average molecular weight is 248 g/mol. The van der Waals surface area contributed by atoms with Gasteiger partial charge in [0.1, 0.15) is 0 Å². The van der Waals surface area contributed by atoms with Gasteiger partial charge < -0.3 is 15.4 Å². The Morgan fingerprint density at radius 2 is 2.28 bits per heavy atom. The molecule has 2 atom stereocenters. The highest BCUT2D eigenvalue weighted by Gasteiger charge is 2.23. The molecule has 0 aliphatic carbocycles. The Balaban J connectivity index is 2.21. The predicted octanol–water partition coefficient (Wildman–Crippen LogP) is 2.11. The SMILES string of the molecule is COC1CCN(c2ccc(C)cc2CC(C)N)C1. The number of nitrogens with two attached hydrogens (primary N) is 1. The lowest BCUT2D eigenvalue weighted by molar-refractivity contribution is 0.121. The molecule has 3 nitrogen and oxygen atoms in total. The maximum absolute atomic E-state index is 5.95. The molecule has 1 saturated heterocycles. The molecular weight excluding hydrogens is 224 g/mol. The topological polar surface area (TPSA) is 38.5 Å². The van der Waals surface area contributed by atoms with Crippen LogP contribution in [-0.2, 0) is 11.2 Å². The monoisotopic (exact) mass is 248 g/mol. The summed E-state index contributed by atoms with van der Waals surface area (Å²) in [4.78, 5) is 2.42. The summed E-state index contributed by atoms with van der Waals surface area (Å²) in [7, 11) is 1.80. The van der Waals surface area contributed by atoms with Crippen LogP contribution in [0.1, 0.15) is 24.5 Å². The van der Waals surface area contributed by atoms with Gasteiger partial charge in [-0.3, -0.25) is 0 Å². The molecule has 0 bridgehead atoms. The van der Waals surface area contributed by atoms with Crippen molar-refractivity contribution < 1.29 is 4.74 Å². The van der Waals surface area contributed by atoms with E-state index in [4.69, 9.17) is 10.5 Å². The highest BCUT2D eigenvalue weighted by molar-refractivity contribution is 5.56. The Labute approximate surface area is 110 Å². The van der Waals surface area contributed by atoms with Gasteiger partial charge in [0.25, 0.3) is 0 Å². The van der Waals surface area contributed by atoms with Crippen molar-refractivity contribution in [2.45, 2.75) is 38.8 Å². The fraction of sp³-hybridized carbons (Fsp3) is 0.600. The zero-order valence-electron chi connectivity index (χ0n) is 11.6. The van der Waals surface area contributed by atoms with E-state index in [1.165, 1.54) is 16.8 Å². The van der Waals surface area contributed by atoms with Crippen molar-refractivity contribution in [1.29, 1.82) is 0 Å². The number of methoxy groups -OCH3 is 1. The van der Waals surface area contributed by atoms with E-state index in [0.29, 0.717) is 6.10 Å². The van der Waals surface area contributed by atoms with E-state index < -0.39 is 0 Å². The predicted molar refractivity (Wildman–Crippen MR) is 76.2 cm³/mol. The first-order valence-electron chi connectivity index (χ1n) is 6.73. The van der Waals surface area contributed by atoms with Crippen LogP contribution in [0, 0.1) is 6.92 Å². The normalized spacial score (nSPS) is 21.3. The van der Waals surface area contributed by atoms with E-state index in [-0.39, 0.29) is 6.04 Å². The maximum atomic E-state index is 5.95. The van der Waals surface area contributed by atoms with Crippen LogP contribution in [0.3, 0.4) is 0 Å². The number of hydrogen-bond donors (Lipinski definition) is 1. The molecule has 3 heteroatoms. The van der Waals surface area contributed by atoms with Gasteiger partial charge in [0.2, 0.25) is 0 Å². The second-order valence-electron chi connectivity index (χ2n) is 5.41. The van der Waals surface area contributed by atoms with Crippen LogP contribution < -0.4 is 10.6 Å². The fourth-order valence-corrected chi connectivity index (χ4v) is 2.67. The lowest BCUT2D eigenvalue weighted by Crippen LogP contribution is -2.25. The Kier molecular flexibility index (Phi) is 4.25. The first kappa shape index (κ1) is 13.4. The molecule has 1 fully saturated rings. The molecule has 18 heavy (non-hydrogen) atoms. The van der Waals surface area contributed by atoms with Gasteiger partial charge in [-0.2, -0.15) is 0 Å². The Bertz CT molecular complexity index is 403. The molecule has 100 valence electrons. The van der Waals surface area contributed by atoms with Gasteiger partial charge >= 0.3 is 0 Å². The molecule has 1 heterocycles. The average Bonchev–Trinajstić information content (AvgIpc) is 2.77. The molecule has 1 aliphatic rings. The van der Waals surface area contributed by atoms with E-state index in [9.17, 15) is 0 Å². The summed E-state index contributed by atoms with van der Waals surface area (Å²) in [5, 5.41) is 0. The third-order valence-corrected chi connectivity index (χ3v) is 3.60. The summed E-state index contributed by atoms with van der Waals surface area (Å²) in [6.45, 7) is 6.27. The van der Waals surface area contributed by atoms with Gasteiger partial charge in [-0.1, -0.05) is 17.7 Å². The van der Waals surface area contributed by atoms with Crippen molar-refractivity contribution in [2.75, 3.05) is 25.1 Å². The number of anilines is 1. The number of aryl methyl sites for hydroxylation is 1. The van der Waals surface area contributed by atoms with Crippen LogP contribution in [-0.4, -0.2) is 32.3 Å². The molecule has 0 aromatic heterocycles. The van der Waals surface area contributed by atoms with E-state index in [0.717, 1.165) is 25.9 Å². The second-order valence-corrected chi connectivity index (χ2v) is 5.41. The zero-order chi connectivity index (χ0) is 13.1. The quantitative estimate of drug-likeness (QED) is 0.887. The van der Waals surface area contributed by atoms with Crippen molar-refractivity contribution in [3.05, 3.63) is 29.3 Å². The largest absolute Gasteiger partial charge is 0.380 e. The summed E-state index contributed by atoms with van der Waals surface area (Å²) < 4.78 is 5.44. The lowest BCUT2D eigenvalue weighted by atomic mass is 10.0. The summed E-state index contributed by atoms with van der Waals surface area (Å²) in [6.07, 6.45) is 2.42. The van der Waals surface area contributed by atoms with Gasteiger partial charge in [0.15, 0.2) is 0 Å². The number of ether oxygens (including phenoxy) is 1. The molecule has 2 unspecified atom stereocenters. The van der Waals surface area contributed by atoms with Crippen molar-refractivity contribution >= 4 is 5.69 Å². The smallest absolute Gasteiger partial charge is 0.0762 e. The molecule has 1 aromatic carbocycles. The minimum Gasteiger partial charge on any atom is -0.380 e. The fourth-order valence-electron chi connectivity index (χ4n) is 2.67. The van der Waals surface area contributed by atoms with Crippen LogP contribution in [0.4, 0.5) is 5.69 Å². The van der Waals surface area contributed by atoms with Crippen LogP contribution in [0.15, 0.2) is 18.2 Å². The van der Waals surface area contributed by atoms with Gasteiger partial charge in [-0.25, -0.2) is 0 Å². The van der Waals surface area contributed by atoms with Crippen molar-refractivity contribution in [3.8, 4) is 0 Å². The summed E-state index contributed by atoms with van der Waals surface area (Å²) in [5.41, 5.74) is 9.95. The third kappa shape index (κ3) is 3.03. The van der Waals surface area contributed by atoms with Crippen molar-refractivity contribution in [3.63, 3.8) is 0 Å². The Morgan fingerprint density at radius 1 is 1.50 bits per heavy atom. The molecule has 1 aliphatic heterocycles. The summed E-state index contributed by atoms with van der Waals surface area (Å²) in [5.74, 6) is 0. The molecule has 0 spiro atoms. The second kappa shape index (κ2) is 5.72. The number of hydrogen-bond acceptors (Lipinski definition) is 3. The standard InChI is InChI=1S/C15H24N2O/c1-11-4-5-15(13(8-11)9-12(2)16)17-7-6-14(10-17)18-3/h4-5,8,12,14H,6-7,9-10,16H2,1-3H3. The van der Waals surface area contributed by atoms with Crippen molar-refractivity contribution in [2.24, 2.45) is 5.73 Å². The number of benzene rings is 1. The van der Waals surface area contributed by atoms with Gasteiger partial charge in [0.05, 0.1) is 6.10 Å². The Hall–Kier alpha value is -1.06. The molecular formula is C15H24N2O. The molecule has 0 radical (unpaired) electrons. The van der Waals surface area contributed by atoms with Crippen LogP contribution in [0.5, 0.6) is 0 Å². The highest BCUT2D eigenvalue weighted by atomic mass is 16.5. The summed E-state index contributed by atoms with van der Waals surface area (Å²) in [6, 6.07) is 6.87. The van der Waals surface area contributed by atoms with E-state index in [1.807, 2.05) is 0 Å². The summed E-state index contributed by atoms with van der Waals surface area (Å²) >= 11 is 0. The molecule has 0 saturated carbocycles. The number of rotatable bonds is 4. The number of nitrogens with zero attached hydrogens (tertiary/aromatic N) is 1. The van der Waals surface area contributed by atoms with Gasteiger partial charge in [-0.05, 0) is 38.3 Å². The minimum atomic E-state index is 0.200. The van der Waals surface area contributed by atoms with Crippen LogP contribution in [0.2, 0.25) is 0 Å². The first-order chi connectivity index (χ1) is 8.60. The van der Waals surface area contributed by atoms with Gasteiger partial charge in [0, 0.05) is 31.9 Å². The zero-order valence-corrected chi connectivity index (χ0v) is 11.6. The lowest BCUT2D eigenvalue weighted by Gasteiger charge is -2.23. The Morgan fingerprint density at radius 3 is 2.89 bits per heavy atom. The minimum absolute atomic E-state index is 0.200. The molecule has 1 aromatic rings. The van der Waals surface area contributed by atoms with Crippen LogP contribution in [0.25, 0.3) is 0 Å². The molecule has 2 N–H and O–H groups in total. The first-order valence-corrected chi connectivity index (χ1v) is 6.73. The van der Waals surface area contributed by atoms with Crippen LogP contribution >= 0.6 is 0 Å². The molecule has 2 rings (SSSR count). The highest BCUT2D eigenvalue weighted by Crippen LogP contribution is 2.27. The van der Waals surface area contributed by atoms with E-state index in [2.05, 4.69) is 36.9 Å². The van der Waals surface area contributed by atoms with Gasteiger partial charge in [-0.15, -0.1) is 0 Å². The molecule has 0 amide bonds. The van der Waals surface area contributed by atoms with E-state index >= 15 is 0 Å². The van der Waals surface area contributed by atoms with E-state index in [1.54, 1.807) is 7.11 Å². The van der Waals surface area contributed by atoms with Crippen molar-refractivity contribution in [1.82, 2.24) is 0 Å². The third-order valence-electron chi connectivity index (χ3n) is 3.60.